The van der Waals surface area contributed by atoms with Crippen LogP contribution in [0, 0.1) is 0 Å². The molecule has 0 aliphatic heterocycles. The second-order valence-corrected chi connectivity index (χ2v) is 3.69. The van der Waals surface area contributed by atoms with Crippen LogP contribution >= 0.6 is 0 Å². The lowest BCUT2D eigenvalue weighted by atomic mass is 10.0. The summed E-state index contributed by atoms with van der Waals surface area (Å²) in [6, 6.07) is 12.4. The molecule has 1 heterocycles. The quantitative estimate of drug-likeness (QED) is 0.826. The molecular weight excluding hydrogens is 186 g/mol. The van der Waals surface area contributed by atoms with Crippen LogP contribution in [0.1, 0.15) is 23.6 Å². The number of nitrogens with two attached hydrogens (primary N) is 1. The maximum atomic E-state index is 6.03. The fourth-order valence-corrected chi connectivity index (χ4v) is 1.62. The third kappa shape index (κ3) is 2.70. The van der Waals surface area contributed by atoms with Gasteiger partial charge in [0, 0.05) is 11.6 Å². The molecule has 2 rings (SSSR count). The summed E-state index contributed by atoms with van der Waals surface area (Å²) in [6.07, 6.45) is 5.34. The van der Waals surface area contributed by atoms with E-state index < -0.39 is 0 Å². The highest BCUT2D eigenvalue weighted by atomic mass is 16.3. The molecule has 1 atom stereocenters. The Hall–Kier alpha value is -1.54. The summed E-state index contributed by atoms with van der Waals surface area (Å²) >= 11 is 0. The molecule has 78 valence electrons. The number of benzene rings is 1. The molecule has 15 heavy (non-hydrogen) atoms. The van der Waals surface area contributed by atoms with Crippen LogP contribution in [0.15, 0.2) is 53.3 Å². The van der Waals surface area contributed by atoms with Gasteiger partial charge in [0.05, 0.1) is 12.5 Å². The minimum absolute atomic E-state index is 0.0731. The molecule has 1 unspecified atom stereocenters. The van der Waals surface area contributed by atoms with Crippen LogP contribution in [-0.2, 0) is 6.42 Å². The molecule has 2 aromatic rings. The minimum Gasteiger partial charge on any atom is -0.472 e. The first kappa shape index (κ1) is 9.99. The van der Waals surface area contributed by atoms with Gasteiger partial charge >= 0.3 is 0 Å². The van der Waals surface area contributed by atoms with Crippen LogP contribution in [0.5, 0.6) is 0 Å². The number of aryl methyl sites for hydroxylation is 1. The second kappa shape index (κ2) is 4.80. The highest BCUT2D eigenvalue weighted by Crippen LogP contribution is 2.16. The lowest BCUT2D eigenvalue weighted by Gasteiger charge is -2.08. The molecule has 0 radical (unpaired) electrons. The Kier molecular flexibility index (Phi) is 3.20. The first-order chi connectivity index (χ1) is 7.36. The van der Waals surface area contributed by atoms with Gasteiger partial charge in [-0.1, -0.05) is 30.3 Å². The summed E-state index contributed by atoms with van der Waals surface area (Å²) in [4.78, 5) is 0. The van der Waals surface area contributed by atoms with Crippen molar-refractivity contribution in [3.63, 3.8) is 0 Å². The van der Waals surface area contributed by atoms with Crippen molar-refractivity contribution in [3.8, 4) is 0 Å². The Labute approximate surface area is 89.7 Å². The Morgan fingerprint density at radius 2 is 1.93 bits per heavy atom. The third-order valence-corrected chi connectivity index (χ3v) is 2.56. The first-order valence-corrected chi connectivity index (χ1v) is 5.18. The molecular formula is C13H15NO. The van der Waals surface area contributed by atoms with Gasteiger partial charge in [-0.3, -0.25) is 0 Å². The minimum atomic E-state index is 0.0731. The maximum Gasteiger partial charge on any atom is 0.0950 e. The topological polar surface area (TPSA) is 39.2 Å². The Morgan fingerprint density at radius 1 is 1.13 bits per heavy atom. The molecule has 1 aromatic carbocycles. The van der Waals surface area contributed by atoms with Crippen LogP contribution in [-0.4, -0.2) is 0 Å². The van der Waals surface area contributed by atoms with E-state index in [-0.39, 0.29) is 6.04 Å². The highest BCUT2D eigenvalue weighted by Gasteiger charge is 2.06. The molecule has 0 amide bonds. The van der Waals surface area contributed by atoms with E-state index in [1.165, 1.54) is 5.56 Å². The van der Waals surface area contributed by atoms with Crippen molar-refractivity contribution in [2.75, 3.05) is 0 Å². The van der Waals surface area contributed by atoms with Gasteiger partial charge in [-0.15, -0.1) is 0 Å². The Bertz CT molecular complexity index is 380. The highest BCUT2D eigenvalue weighted by molar-refractivity contribution is 5.16. The lowest BCUT2D eigenvalue weighted by Crippen LogP contribution is -2.10. The first-order valence-electron chi connectivity index (χ1n) is 5.18. The van der Waals surface area contributed by atoms with E-state index >= 15 is 0 Å². The zero-order chi connectivity index (χ0) is 10.5. The average Bonchev–Trinajstić information content (AvgIpc) is 2.81. The summed E-state index contributed by atoms with van der Waals surface area (Å²) in [5.41, 5.74) is 8.43. The lowest BCUT2D eigenvalue weighted by molar-refractivity contribution is 0.554. The second-order valence-electron chi connectivity index (χ2n) is 3.69. The van der Waals surface area contributed by atoms with Crippen LogP contribution in [0.25, 0.3) is 0 Å². The average molecular weight is 201 g/mol. The molecule has 2 nitrogen and oxygen atoms in total. The molecule has 0 spiro atoms. The molecule has 1 aromatic heterocycles. The molecule has 0 aliphatic carbocycles. The predicted octanol–water partition coefficient (Wildman–Crippen LogP) is 2.91. The number of hydrogen-bond acceptors (Lipinski definition) is 2. The molecule has 0 saturated heterocycles. The summed E-state index contributed by atoms with van der Waals surface area (Å²) in [5.74, 6) is 0. The van der Waals surface area contributed by atoms with E-state index in [1.807, 2.05) is 12.1 Å². The summed E-state index contributed by atoms with van der Waals surface area (Å²) < 4.78 is 5.01. The van der Waals surface area contributed by atoms with Crippen LogP contribution < -0.4 is 5.73 Å². The van der Waals surface area contributed by atoms with Gasteiger partial charge in [0.1, 0.15) is 0 Å². The number of hydrogen-bond donors (Lipinski definition) is 1. The van der Waals surface area contributed by atoms with Crippen molar-refractivity contribution in [3.05, 3.63) is 60.1 Å². The van der Waals surface area contributed by atoms with Crippen molar-refractivity contribution >= 4 is 0 Å². The van der Waals surface area contributed by atoms with Gasteiger partial charge in [-0.05, 0) is 24.5 Å². The molecule has 2 N–H and O–H groups in total. The van der Waals surface area contributed by atoms with Crippen LogP contribution in [0.4, 0.5) is 0 Å². The van der Waals surface area contributed by atoms with Crippen molar-refractivity contribution in [1.82, 2.24) is 0 Å². The smallest absolute Gasteiger partial charge is 0.0950 e. The monoisotopic (exact) mass is 201 g/mol. The van der Waals surface area contributed by atoms with Crippen molar-refractivity contribution in [2.45, 2.75) is 18.9 Å². The van der Waals surface area contributed by atoms with Crippen molar-refractivity contribution < 1.29 is 4.42 Å². The molecule has 0 saturated carbocycles. The van der Waals surface area contributed by atoms with Crippen LogP contribution in [0.3, 0.4) is 0 Å². The maximum absolute atomic E-state index is 6.03. The normalized spacial score (nSPS) is 12.6. The number of furan rings is 1. The van der Waals surface area contributed by atoms with E-state index in [2.05, 4.69) is 24.3 Å². The van der Waals surface area contributed by atoms with Crippen LogP contribution in [0.2, 0.25) is 0 Å². The molecule has 0 fully saturated rings. The Balaban J connectivity index is 1.89. The van der Waals surface area contributed by atoms with E-state index in [0.717, 1.165) is 18.4 Å². The Morgan fingerprint density at radius 3 is 2.60 bits per heavy atom. The van der Waals surface area contributed by atoms with Gasteiger partial charge in [0.15, 0.2) is 0 Å². The van der Waals surface area contributed by atoms with E-state index in [1.54, 1.807) is 12.5 Å². The summed E-state index contributed by atoms with van der Waals surface area (Å²) in [5, 5.41) is 0. The van der Waals surface area contributed by atoms with E-state index in [0.29, 0.717) is 0 Å². The van der Waals surface area contributed by atoms with Gasteiger partial charge < -0.3 is 10.2 Å². The summed E-state index contributed by atoms with van der Waals surface area (Å²) in [6.45, 7) is 0. The zero-order valence-corrected chi connectivity index (χ0v) is 8.60. The molecule has 0 aliphatic rings. The SMILES string of the molecule is NC(CCc1ccccc1)c1ccoc1. The third-order valence-electron chi connectivity index (χ3n) is 2.56. The fourth-order valence-electron chi connectivity index (χ4n) is 1.62. The van der Waals surface area contributed by atoms with Gasteiger partial charge in [-0.25, -0.2) is 0 Å². The predicted molar refractivity (Wildman–Crippen MR) is 60.4 cm³/mol. The van der Waals surface area contributed by atoms with E-state index in [4.69, 9.17) is 10.2 Å². The van der Waals surface area contributed by atoms with Gasteiger partial charge in [-0.2, -0.15) is 0 Å². The summed E-state index contributed by atoms with van der Waals surface area (Å²) in [7, 11) is 0. The largest absolute Gasteiger partial charge is 0.472 e. The molecule has 2 heteroatoms. The fraction of sp³-hybridized carbons (Fsp3) is 0.231. The van der Waals surface area contributed by atoms with E-state index in [9.17, 15) is 0 Å². The molecule has 0 bridgehead atoms. The van der Waals surface area contributed by atoms with Crippen molar-refractivity contribution in [1.29, 1.82) is 0 Å². The van der Waals surface area contributed by atoms with Gasteiger partial charge in [0.2, 0.25) is 0 Å². The number of rotatable bonds is 4. The van der Waals surface area contributed by atoms with Crippen molar-refractivity contribution in [2.24, 2.45) is 5.73 Å². The zero-order valence-electron chi connectivity index (χ0n) is 8.60. The standard InChI is InChI=1S/C13H15NO/c14-13(12-8-9-15-10-12)7-6-11-4-2-1-3-5-11/h1-5,8-10,13H,6-7,14H2. The van der Waals surface area contributed by atoms with Gasteiger partial charge in [0.25, 0.3) is 0 Å².